The maximum Gasteiger partial charge on any atom is 0.254 e. The number of sulfonamides is 1. The van der Waals surface area contributed by atoms with E-state index >= 15 is 0 Å². The van der Waals surface area contributed by atoms with Gasteiger partial charge in [-0.15, -0.1) is 0 Å². The molecular weight excluding hydrogens is 343 g/mol. The number of hydrogen-bond donors (Lipinski definition) is 1. The van der Waals surface area contributed by atoms with Gasteiger partial charge in [0.15, 0.2) is 0 Å². The summed E-state index contributed by atoms with van der Waals surface area (Å²) in [5.74, 6) is -0.845. The Morgan fingerprint density at radius 3 is 2.44 bits per heavy atom. The first-order chi connectivity index (χ1) is 11.9. The van der Waals surface area contributed by atoms with Crippen LogP contribution in [0, 0.1) is 11.7 Å². The first kappa shape index (κ1) is 19.8. The summed E-state index contributed by atoms with van der Waals surface area (Å²) in [6, 6.07) is 3.39. The van der Waals surface area contributed by atoms with Crippen LogP contribution in [0.3, 0.4) is 0 Å². The van der Waals surface area contributed by atoms with Crippen molar-refractivity contribution < 1.29 is 17.6 Å². The van der Waals surface area contributed by atoms with E-state index in [0.717, 1.165) is 37.8 Å². The fourth-order valence-electron chi connectivity index (χ4n) is 3.27. The Bertz CT molecular complexity index is 696. The largest absolute Gasteiger partial charge is 0.352 e. The fraction of sp³-hybridized carbons (Fsp3) is 0.611. The Morgan fingerprint density at radius 1 is 1.20 bits per heavy atom. The molecule has 0 aromatic heterocycles. The molecule has 1 N–H and O–H groups in total. The maximum atomic E-state index is 14.1. The van der Waals surface area contributed by atoms with Crippen molar-refractivity contribution in [3.63, 3.8) is 0 Å². The minimum Gasteiger partial charge on any atom is -0.352 e. The van der Waals surface area contributed by atoms with Gasteiger partial charge in [0.1, 0.15) is 5.82 Å². The molecule has 25 heavy (non-hydrogen) atoms. The average molecular weight is 370 g/mol. The summed E-state index contributed by atoms with van der Waals surface area (Å²) in [4.78, 5) is 12.3. The molecule has 1 saturated carbocycles. The Labute approximate surface area is 149 Å². The van der Waals surface area contributed by atoms with Crippen molar-refractivity contribution >= 4 is 15.9 Å². The molecule has 2 rings (SSSR count). The van der Waals surface area contributed by atoms with Crippen molar-refractivity contribution in [2.75, 3.05) is 19.6 Å². The first-order valence-electron chi connectivity index (χ1n) is 8.98. The van der Waals surface area contributed by atoms with Crippen LogP contribution in [0.2, 0.25) is 0 Å². The van der Waals surface area contributed by atoms with Crippen molar-refractivity contribution in [2.45, 2.75) is 50.8 Å². The van der Waals surface area contributed by atoms with Crippen LogP contribution in [0.5, 0.6) is 0 Å². The van der Waals surface area contributed by atoms with Crippen LogP contribution in [0.1, 0.15) is 56.3 Å². The number of rotatable bonds is 7. The van der Waals surface area contributed by atoms with Crippen LogP contribution in [0.15, 0.2) is 23.1 Å². The highest BCUT2D eigenvalue weighted by Gasteiger charge is 2.24. The quantitative estimate of drug-likeness (QED) is 0.802. The number of benzene rings is 1. The van der Waals surface area contributed by atoms with Crippen LogP contribution in [-0.2, 0) is 10.0 Å². The lowest BCUT2D eigenvalue weighted by atomic mass is 9.89. The zero-order valence-electron chi connectivity index (χ0n) is 14.9. The van der Waals surface area contributed by atoms with Crippen LogP contribution >= 0.6 is 0 Å². The van der Waals surface area contributed by atoms with E-state index in [-0.39, 0.29) is 10.5 Å². The lowest BCUT2D eigenvalue weighted by Gasteiger charge is -2.22. The van der Waals surface area contributed by atoms with E-state index in [2.05, 4.69) is 5.32 Å². The van der Waals surface area contributed by atoms with Crippen molar-refractivity contribution in [1.82, 2.24) is 9.62 Å². The Hall–Kier alpha value is -1.47. The van der Waals surface area contributed by atoms with Gasteiger partial charge in [-0.2, -0.15) is 4.31 Å². The van der Waals surface area contributed by atoms with Gasteiger partial charge in [0.05, 0.1) is 10.5 Å². The number of carbonyl (C=O) groups is 1. The van der Waals surface area contributed by atoms with Gasteiger partial charge in [0.25, 0.3) is 5.91 Å². The molecule has 5 nitrogen and oxygen atoms in total. The van der Waals surface area contributed by atoms with E-state index in [0.29, 0.717) is 25.6 Å². The van der Waals surface area contributed by atoms with Crippen LogP contribution in [0.25, 0.3) is 0 Å². The third-order valence-electron chi connectivity index (χ3n) is 4.80. The first-order valence-corrected chi connectivity index (χ1v) is 10.4. The number of halogens is 1. The summed E-state index contributed by atoms with van der Waals surface area (Å²) in [5, 5.41) is 2.76. The van der Waals surface area contributed by atoms with Gasteiger partial charge in [-0.1, -0.05) is 33.1 Å². The van der Waals surface area contributed by atoms with E-state index in [9.17, 15) is 17.6 Å². The van der Waals surface area contributed by atoms with Gasteiger partial charge in [-0.3, -0.25) is 4.79 Å². The Morgan fingerprint density at radius 2 is 1.84 bits per heavy atom. The highest BCUT2D eigenvalue weighted by molar-refractivity contribution is 7.89. The van der Waals surface area contributed by atoms with Gasteiger partial charge in [-0.05, 0) is 37.0 Å². The molecule has 0 radical (unpaired) electrons. The summed E-state index contributed by atoms with van der Waals surface area (Å²) < 4.78 is 40.5. The second-order valence-corrected chi connectivity index (χ2v) is 8.38. The SMILES string of the molecule is CCN(CC)S(=O)(=O)c1ccc(F)c(C(=O)NCC2CCCCC2)c1. The van der Waals surface area contributed by atoms with Gasteiger partial charge < -0.3 is 5.32 Å². The monoisotopic (exact) mass is 370 g/mol. The minimum atomic E-state index is -3.72. The van der Waals surface area contributed by atoms with Crippen molar-refractivity contribution in [3.05, 3.63) is 29.6 Å². The van der Waals surface area contributed by atoms with Crippen molar-refractivity contribution in [1.29, 1.82) is 0 Å². The molecule has 0 unspecified atom stereocenters. The van der Waals surface area contributed by atoms with Gasteiger partial charge in [0.2, 0.25) is 10.0 Å². The summed E-state index contributed by atoms with van der Waals surface area (Å²) >= 11 is 0. The number of nitrogens with one attached hydrogen (secondary N) is 1. The van der Waals surface area contributed by atoms with Crippen molar-refractivity contribution in [2.24, 2.45) is 5.92 Å². The molecule has 1 aliphatic carbocycles. The molecule has 0 saturated heterocycles. The molecule has 1 fully saturated rings. The molecule has 0 spiro atoms. The molecule has 140 valence electrons. The minimum absolute atomic E-state index is 0.0552. The third-order valence-corrected chi connectivity index (χ3v) is 6.85. The highest BCUT2D eigenvalue weighted by atomic mass is 32.2. The second-order valence-electron chi connectivity index (χ2n) is 6.45. The lowest BCUT2D eigenvalue weighted by Crippen LogP contribution is -2.32. The number of carbonyl (C=O) groups excluding carboxylic acids is 1. The van der Waals surface area contributed by atoms with E-state index in [1.54, 1.807) is 13.8 Å². The highest BCUT2D eigenvalue weighted by Crippen LogP contribution is 2.23. The summed E-state index contributed by atoms with van der Waals surface area (Å²) in [6.07, 6.45) is 5.68. The smallest absolute Gasteiger partial charge is 0.254 e. The lowest BCUT2D eigenvalue weighted by molar-refractivity contribution is 0.0939. The summed E-state index contributed by atoms with van der Waals surface area (Å²) in [6.45, 7) is 4.62. The predicted octanol–water partition coefficient (Wildman–Crippen LogP) is 3.17. The molecular formula is C18H27FN2O3S. The molecule has 1 aromatic rings. The standard InChI is InChI=1S/C18H27FN2O3S/c1-3-21(4-2)25(23,24)15-10-11-17(19)16(12-15)18(22)20-13-14-8-6-5-7-9-14/h10-12,14H,3-9,13H2,1-2H3,(H,20,22). The van der Waals surface area contributed by atoms with Crippen molar-refractivity contribution in [3.8, 4) is 0 Å². The summed E-state index contributed by atoms with van der Waals surface area (Å²) in [7, 11) is -3.72. The molecule has 7 heteroatoms. The van der Waals surface area contributed by atoms with E-state index in [1.165, 1.54) is 16.8 Å². The Kier molecular flexibility index (Phi) is 6.95. The summed E-state index contributed by atoms with van der Waals surface area (Å²) in [5.41, 5.74) is -0.218. The van der Waals surface area contributed by atoms with E-state index < -0.39 is 21.7 Å². The molecule has 1 amide bonds. The predicted molar refractivity (Wildman–Crippen MR) is 95.4 cm³/mol. The number of amides is 1. The van der Waals surface area contributed by atoms with Crippen LogP contribution in [0.4, 0.5) is 4.39 Å². The molecule has 0 heterocycles. The average Bonchev–Trinajstić information content (AvgIpc) is 2.61. The zero-order valence-corrected chi connectivity index (χ0v) is 15.7. The van der Waals surface area contributed by atoms with Gasteiger partial charge in [0, 0.05) is 19.6 Å². The molecule has 0 aliphatic heterocycles. The van der Waals surface area contributed by atoms with E-state index in [1.807, 2.05) is 0 Å². The normalized spacial score (nSPS) is 16.2. The molecule has 0 bridgehead atoms. The van der Waals surface area contributed by atoms with Gasteiger partial charge in [-0.25, -0.2) is 12.8 Å². The van der Waals surface area contributed by atoms with Gasteiger partial charge >= 0.3 is 0 Å². The topological polar surface area (TPSA) is 66.5 Å². The molecule has 0 atom stereocenters. The maximum absolute atomic E-state index is 14.1. The zero-order chi connectivity index (χ0) is 18.4. The third kappa shape index (κ3) is 4.79. The fourth-order valence-corrected chi connectivity index (χ4v) is 4.76. The molecule has 1 aliphatic rings. The Balaban J connectivity index is 2.16. The van der Waals surface area contributed by atoms with E-state index in [4.69, 9.17) is 0 Å². The number of hydrogen-bond acceptors (Lipinski definition) is 3. The second kappa shape index (κ2) is 8.76. The molecule has 1 aromatic carbocycles. The number of nitrogens with zero attached hydrogens (tertiary/aromatic N) is 1. The van der Waals surface area contributed by atoms with Crippen LogP contribution in [-0.4, -0.2) is 38.3 Å². The van der Waals surface area contributed by atoms with Crippen LogP contribution < -0.4 is 5.32 Å².